The zero-order valence-electron chi connectivity index (χ0n) is 14.2. The lowest BCUT2D eigenvalue weighted by atomic mass is 9.83. The molecule has 1 aromatic carbocycles. The second-order valence-electron chi connectivity index (χ2n) is 6.93. The molecular formula is C20H24N2O2. The minimum absolute atomic E-state index is 0.0453. The molecule has 0 aliphatic carbocycles. The molecule has 1 aromatic heterocycles. The average Bonchev–Trinajstić information content (AvgIpc) is 3.03. The van der Waals surface area contributed by atoms with Crippen molar-refractivity contribution in [2.24, 2.45) is 5.92 Å². The number of amides is 1. The third-order valence-corrected chi connectivity index (χ3v) is 4.83. The van der Waals surface area contributed by atoms with Crippen molar-refractivity contribution in [2.45, 2.75) is 31.7 Å². The van der Waals surface area contributed by atoms with E-state index >= 15 is 0 Å². The van der Waals surface area contributed by atoms with Gasteiger partial charge in [0.25, 0.3) is 0 Å². The summed E-state index contributed by atoms with van der Waals surface area (Å²) in [6.07, 6.45) is 4.49. The molecule has 3 rings (SSSR count). The molecule has 4 heteroatoms. The van der Waals surface area contributed by atoms with Crippen molar-refractivity contribution in [3.05, 3.63) is 66.0 Å². The molecule has 0 bridgehead atoms. The van der Waals surface area contributed by atoms with E-state index in [4.69, 9.17) is 4.74 Å². The highest BCUT2D eigenvalue weighted by Gasteiger charge is 2.35. The molecule has 2 atom stereocenters. The van der Waals surface area contributed by atoms with Crippen LogP contribution in [0.15, 0.2) is 54.9 Å². The van der Waals surface area contributed by atoms with Gasteiger partial charge in [0.1, 0.15) is 0 Å². The number of nitrogens with one attached hydrogen (secondary N) is 1. The zero-order chi connectivity index (χ0) is 17.0. The Balaban J connectivity index is 1.67. The van der Waals surface area contributed by atoms with E-state index in [2.05, 4.69) is 10.3 Å². The Labute approximate surface area is 143 Å². The van der Waals surface area contributed by atoms with Crippen LogP contribution in [0, 0.1) is 5.92 Å². The molecule has 1 N–H and O–H groups in total. The van der Waals surface area contributed by atoms with Gasteiger partial charge in [0.2, 0.25) is 5.91 Å². The van der Waals surface area contributed by atoms with Gasteiger partial charge in [0.15, 0.2) is 0 Å². The maximum atomic E-state index is 12.8. The average molecular weight is 324 g/mol. The Hall–Kier alpha value is -2.20. The largest absolute Gasteiger partial charge is 0.379 e. The van der Waals surface area contributed by atoms with E-state index in [1.54, 1.807) is 12.4 Å². The fraction of sp³-hybridized carbons (Fsp3) is 0.400. The van der Waals surface area contributed by atoms with Gasteiger partial charge in [-0.05, 0) is 43.5 Å². The first kappa shape index (κ1) is 16.7. The van der Waals surface area contributed by atoms with E-state index in [0.717, 1.165) is 12.0 Å². The molecule has 1 saturated heterocycles. The first-order valence-electron chi connectivity index (χ1n) is 8.40. The highest BCUT2D eigenvalue weighted by molar-refractivity contribution is 5.87. The summed E-state index contributed by atoms with van der Waals surface area (Å²) in [5.41, 5.74) is 1.68. The van der Waals surface area contributed by atoms with Gasteiger partial charge in [0.05, 0.1) is 24.7 Å². The third-order valence-electron chi connectivity index (χ3n) is 4.83. The number of rotatable bonds is 5. The lowest BCUT2D eigenvalue weighted by Crippen LogP contribution is -2.48. The van der Waals surface area contributed by atoms with Crippen molar-refractivity contribution in [2.75, 3.05) is 13.2 Å². The maximum absolute atomic E-state index is 12.8. The van der Waals surface area contributed by atoms with Crippen LogP contribution >= 0.6 is 0 Å². The Morgan fingerprint density at radius 3 is 2.58 bits per heavy atom. The molecule has 0 unspecified atom stereocenters. The van der Waals surface area contributed by atoms with E-state index in [-0.39, 0.29) is 11.9 Å². The minimum Gasteiger partial charge on any atom is -0.379 e. The van der Waals surface area contributed by atoms with Crippen molar-refractivity contribution in [1.82, 2.24) is 10.3 Å². The lowest BCUT2D eigenvalue weighted by Gasteiger charge is -2.28. The summed E-state index contributed by atoms with van der Waals surface area (Å²) in [6, 6.07) is 14.0. The van der Waals surface area contributed by atoms with Gasteiger partial charge in [-0.25, -0.2) is 0 Å². The number of aromatic nitrogens is 1. The van der Waals surface area contributed by atoms with Crippen molar-refractivity contribution < 1.29 is 9.53 Å². The molecule has 24 heavy (non-hydrogen) atoms. The van der Waals surface area contributed by atoms with Gasteiger partial charge in [-0.15, -0.1) is 0 Å². The monoisotopic (exact) mass is 324 g/mol. The standard InChI is InChI=1S/C20H24N2O2/c1-20(2,17-6-4-3-5-7-17)19(23)22-18-14-24-13-16(18)12-15-8-10-21-11-9-15/h3-11,16,18H,12-14H2,1-2H3,(H,22,23)/t16-,18+/m1/s1. The Kier molecular flexibility index (Phi) is 4.95. The number of pyridine rings is 1. The van der Waals surface area contributed by atoms with Gasteiger partial charge >= 0.3 is 0 Å². The van der Waals surface area contributed by atoms with Crippen LogP contribution in [0.5, 0.6) is 0 Å². The lowest BCUT2D eigenvalue weighted by molar-refractivity contribution is -0.126. The van der Waals surface area contributed by atoms with E-state index in [1.807, 2.05) is 56.3 Å². The summed E-state index contributed by atoms with van der Waals surface area (Å²) in [7, 11) is 0. The van der Waals surface area contributed by atoms with Gasteiger partial charge in [-0.1, -0.05) is 30.3 Å². The SMILES string of the molecule is CC(C)(C(=O)N[C@H]1COC[C@H]1Cc1ccncc1)c1ccccc1. The van der Waals surface area contributed by atoms with Crippen molar-refractivity contribution in [3.63, 3.8) is 0 Å². The second kappa shape index (κ2) is 7.14. The van der Waals surface area contributed by atoms with Gasteiger partial charge < -0.3 is 10.1 Å². The molecule has 1 amide bonds. The summed E-state index contributed by atoms with van der Waals surface area (Å²) >= 11 is 0. The molecule has 1 aliphatic heterocycles. The number of ether oxygens (including phenoxy) is 1. The highest BCUT2D eigenvalue weighted by Crippen LogP contribution is 2.25. The first-order valence-corrected chi connectivity index (χ1v) is 8.40. The van der Waals surface area contributed by atoms with Gasteiger partial charge in [-0.3, -0.25) is 9.78 Å². The number of hydrogen-bond acceptors (Lipinski definition) is 3. The molecule has 0 radical (unpaired) electrons. The number of carbonyl (C=O) groups excluding carboxylic acids is 1. The number of benzene rings is 1. The van der Waals surface area contributed by atoms with Crippen LogP contribution in [0.4, 0.5) is 0 Å². The molecule has 1 fully saturated rings. The van der Waals surface area contributed by atoms with Crippen LogP contribution in [-0.2, 0) is 21.4 Å². The topological polar surface area (TPSA) is 51.2 Å². The summed E-state index contributed by atoms with van der Waals surface area (Å²) in [5.74, 6) is 0.340. The minimum atomic E-state index is -0.564. The maximum Gasteiger partial charge on any atom is 0.230 e. The van der Waals surface area contributed by atoms with Crippen molar-refractivity contribution in [1.29, 1.82) is 0 Å². The van der Waals surface area contributed by atoms with Crippen molar-refractivity contribution in [3.8, 4) is 0 Å². The normalized spacial score (nSPS) is 20.8. The zero-order valence-corrected chi connectivity index (χ0v) is 14.2. The van der Waals surface area contributed by atoms with Crippen LogP contribution in [0.3, 0.4) is 0 Å². The van der Waals surface area contributed by atoms with E-state index in [9.17, 15) is 4.79 Å². The molecule has 0 saturated carbocycles. The molecule has 0 spiro atoms. The van der Waals surface area contributed by atoms with Gasteiger partial charge in [0, 0.05) is 18.3 Å². The van der Waals surface area contributed by atoms with Crippen LogP contribution in [0.2, 0.25) is 0 Å². The Morgan fingerprint density at radius 1 is 1.17 bits per heavy atom. The molecule has 2 heterocycles. The van der Waals surface area contributed by atoms with Crippen LogP contribution < -0.4 is 5.32 Å². The predicted octanol–water partition coefficient (Wildman–Crippen LogP) is 2.73. The number of nitrogens with zero attached hydrogens (tertiary/aromatic N) is 1. The predicted molar refractivity (Wildman–Crippen MR) is 93.6 cm³/mol. The Morgan fingerprint density at radius 2 is 1.88 bits per heavy atom. The van der Waals surface area contributed by atoms with Crippen LogP contribution in [-0.4, -0.2) is 30.1 Å². The molecule has 4 nitrogen and oxygen atoms in total. The summed E-state index contributed by atoms with van der Waals surface area (Å²) in [5, 5.41) is 3.21. The second-order valence-corrected chi connectivity index (χ2v) is 6.93. The quantitative estimate of drug-likeness (QED) is 0.920. The summed E-state index contributed by atoms with van der Waals surface area (Å²) in [4.78, 5) is 16.9. The van der Waals surface area contributed by atoms with Crippen molar-refractivity contribution >= 4 is 5.91 Å². The van der Waals surface area contributed by atoms with Crippen LogP contribution in [0.25, 0.3) is 0 Å². The summed E-state index contributed by atoms with van der Waals surface area (Å²) in [6.45, 7) is 5.18. The van der Waals surface area contributed by atoms with E-state index in [0.29, 0.717) is 19.1 Å². The highest BCUT2D eigenvalue weighted by atomic mass is 16.5. The molecule has 2 aromatic rings. The first-order chi connectivity index (χ1) is 11.6. The third kappa shape index (κ3) is 3.65. The van der Waals surface area contributed by atoms with Gasteiger partial charge in [-0.2, -0.15) is 0 Å². The molecule has 1 aliphatic rings. The number of carbonyl (C=O) groups is 1. The van der Waals surface area contributed by atoms with E-state index in [1.165, 1.54) is 5.56 Å². The molecular weight excluding hydrogens is 300 g/mol. The Bertz CT molecular complexity index is 671. The molecule has 126 valence electrons. The number of hydrogen-bond donors (Lipinski definition) is 1. The van der Waals surface area contributed by atoms with E-state index < -0.39 is 5.41 Å². The van der Waals surface area contributed by atoms with Crippen LogP contribution in [0.1, 0.15) is 25.0 Å². The fourth-order valence-electron chi connectivity index (χ4n) is 3.12. The fourth-order valence-corrected chi connectivity index (χ4v) is 3.12. The summed E-state index contributed by atoms with van der Waals surface area (Å²) < 4.78 is 5.63. The smallest absolute Gasteiger partial charge is 0.230 e.